The van der Waals surface area contributed by atoms with Crippen LogP contribution in [0.25, 0.3) is 0 Å². The van der Waals surface area contributed by atoms with Crippen molar-refractivity contribution in [1.82, 2.24) is 0 Å². The van der Waals surface area contributed by atoms with Gasteiger partial charge in [0, 0.05) is 17.0 Å². The van der Waals surface area contributed by atoms with E-state index < -0.39 is 6.43 Å². The summed E-state index contributed by atoms with van der Waals surface area (Å²) in [4.78, 5) is 11.9. The van der Waals surface area contributed by atoms with Gasteiger partial charge in [0.1, 0.15) is 0 Å². The van der Waals surface area contributed by atoms with Gasteiger partial charge < -0.3 is 4.74 Å². The van der Waals surface area contributed by atoms with Crippen LogP contribution in [-0.2, 0) is 4.79 Å². The van der Waals surface area contributed by atoms with Crippen molar-refractivity contribution in [3.8, 4) is 5.06 Å². The van der Waals surface area contributed by atoms with Gasteiger partial charge in [-0.1, -0.05) is 6.92 Å². The number of rotatable bonds is 3. The highest BCUT2D eigenvalue weighted by Crippen LogP contribution is 2.33. The molecule has 18 heavy (non-hydrogen) atoms. The van der Waals surface area contributed by atoms with Crippen LogP contribution in [0.2, 0.25) is 0 Å². The number of hydrogen-bond acceptors (Lipinski definition) is 3. The summed E-state index contributed by atoms with van der Waals surface area (Å²) in [6.07, 6.45) is 1.24. The van der Waals surface area contributed by atoms with Crippen LogP contribution in [0.4, 0.5) is 8.78 Å². The van der Waals surface area contributed by atoms with Gasteiger partial charge in [-0.25, -0.2) is 8.78 Å². The average Bonchev–Trinajstić information content (AvgIpc) is 2.78. The number of esters is 1. The lowest BCUT2D eigenvalue weighted by atomic mass is 9.83. The van der Waals surface area contributed by atoms with Gasteiger partial charge in [0.25, 0.3) is 6.43 Å². The predicted octanol–water partition coefficient (Wildman–Crippen LogP) is 4.42. The van der Waals surface area contributed by atoms with E-state index in [-0.39, 0.29) is 22.5 Å². The number of thiophene rings is 1. The van der Waals surface area contributed by atoms with Crippen LogP contribution in [0.5, 0.6) is 5.06 Å². The number of hydrogen-bond donors (Lipinski definition) is 0. The van der Waals surface area contributed by atoms with Crippen molar-refractivity contribution in [2.75, 3.05) is 0 Å². The van der Waals surface area contributed by atoms with Gasteiger partial charge in [0.2, 0.25) is 0 Å². The van der Waals surface area contributed by atoms with Crippen molar-refractivity contribution in [2.45, 2.75) is 39.0 Å². The Hall–Kier alpha value is -0.970. The smallest absolute Gasteiger partial charge is 0.315 e. The Morgan fingerprint density at radius 2 is 2.06 bits per heavy atom. The van der Waals surface area contributed by atoms with Gasteiger partial charge in [-0.3, -0.25) is 4.79 Å². The topological polar surface area (TPSA) is 26.3 Å². The van der Waals surface area contributed by atoms with Crippen LogP contribution in [0, 0.1) is 11.8 Å². The van der Waals surface area contributed by atoms with E-state index in [4.69, 9.17) is 4.74 Å². The van der Waals surface area contributed by atoms with Crippen LogP contribution in [0.15, 0.2) is 11.4 Å². The Bertz CT molecular complexity index is 409. The second-order valence-electron chi connectivity index (χ2n) is 4.88. The van der Waals surface area contributed by atoms with Crippen LogP contribution in [0.1, 0.15) is 44.6 Å². The lowest BCUT2D eigenvalue weighted by molar-refractivity contribution is -0.140. The number of ether oxygens (including phenoxy) is 1. The molecule has 1 aliphatic rings. The molecule has 0 aromatic carbocycles. The molecule has 0 amide bonds. The summed E-state index contributed by atoms with van der Waals surface area (Å²) < 4.78 is 29.9. The van der Waals surface area contributed by atoms with Crippen LogP contribution in [0.3, 0.4) is 0 Å². The van der Waals surface area contributed by atoms with Crippen LogP contribution in [-0.4, -0.2) is 5.97 Å². The van der Waals surface area contributed by atoms with E-state index >= 15 is 0 Å². The molecule has 100 valence electrons. The zero-order chi connectivity index (χ0) is 13.1. The Balaban J connectivity index is 1.90. The number of carbonyl (C=O) groups is 1. The summed E-state index contributed by atoms with van der Waals surface area (Å²) in [7, 11) is 0. The monoisotopic (exact) mass is 274 g/mol. The molecule has 2 rings (SSSR count). The predicted molar refractivity (Wildman–Crippen MR) is 66.0 cm³/mol. The lowest BCUT2D eigenvalue weighted by Crippen LogP contribution is -2.24. The molecule has 1 heterocycles. The highest BCUT2D eigenvalue weighted by atomic mass is 32.1. The first-order valence-electron chi connectivity index (χ1n) is 6.14. The third kappa shape index (κ3) is 3.28. The van der Waals surface area contributed by atoms with Gasteiger partial charge in [-0.05, 0) is 31.6 Å². The molecule has 0 N–H and O–H groups in total. The van der Waals surface area contributed by atoms with Gasteiger partial charge in [-0.15, -0.1) is 11.3 Å². The molecule has 5 heteroatoms. The fourth-order valence-electron chi connectivity index (χ4n) is 2.18. The summed E-state index contributed by atoms with van der Waals surface area (Å²) in [6.45, 7) is 2.18. The Labute approximate surface area is 109 Å². The summed E-state index contributed by atoms with van der Waals surface area (Å²) >= 11 is 1.05. The van der Waals surface area contributed by atoms with Crippen molar-refractivity contribution in [2.24, 2.45) is 11.8 Å². The van der Waals surface area contributed by atoms with Crippen molar-refractivity contribution in [3.63, 3.8) is 0 Å². The Morgan fingerprint density at radius 1 is 1.39 bits per heavy atom. The summed E-state index contributed by atoms with van der Waals surface area (Å²) in [5, 5.41) is 1.60. The first-order chi connectivity index (χ1) is 8.56. The van der Waals surface area contributed by atoms with E-state index in [9.17, 15) is 13.6 Å². The van der Waals surface area contributed by atoms with E-state index in [0.29, 0.717) is 5.92 Å². The maximum atomic E-state index is 12.4. The molecule has 0 spiro atoms. The molecule has 0 radical (unpaired) electrons. The van der Waals surface area contributed by atoms with E-state index in [2.05, 4.69) is 6.92 Å². The summed E-state index contributed by atoms with van der Waals surface area (Å²) in [5.74, 6) is 0.323. The standard InChI is InChI=1S/C13H16F2O2S/c1-8-2-4-9(5-3-8)13(16)17-11-6-10(7-18-11)12(14)15/h6-9,12H,2-5H2,1H3. The second kappa shape index (κ2) is 5.78. The zero-order valence-corrected chi connectivity index (χ0v) is 11.0. The van der Waals surface area contributed by atoms with Gasteiger partial charge in [-0.2, -0.15) is 0 Å². The normalized spacial score (nSPS) is 24.2. The molecule has 0 aliphatic heterocycles. The molecule has 2 nitrogen and oxygen atoms in total. The molecule has 1 aromatic heterocycles. The molecule has 1 saturated carbocycles. The summed E-state index contributed by atoms with van der Waals surface area (Å²) in [5.41, 5.74) is -0.0833. The molecule has 0 bridgehead atoms. The van der Waals surface area contributed by atoms with E-state index in [1.807, 2.05) is 0 Å². The Morgan fingerprint density at radius 3 is 2.61 bits per heavy atom. The first-order valence-corrected chi connectivity index (χ1v) is 7.02. The molecule has 0 atom stereocenters. The minimum absolute atomic E-state index is 0.0710. The minimum Gasteiger partial charge on any atom is -0.415 e. The van der Waals surface area contributed by atoms with Crippen molar-refractivity contribution < 1.29 is 18.3 Å². The second-order valence-corrected chi connectivity index (χ2v) is 5.75. The molecule has 0 unspecified atom stereocenters. The molecular weight excluding hydrogens is 258 g/mol. The molecule has 1 fully saturated rings. The number of alkyl halides is 2. The first kappa shape index (κ1) is 13.5. The maximum absolute atomic E-state index is 12.4. The third-order valence-corrected chi connectivity index (χ3v) is 4.22. The molecular formula is C13H16F2O2S. The van der Waals surface area contributed by atoms with E-state index in [1.165, 1.54) is 11.4 Å². The van der Waals surface area contributed by atoms with Gasteiger partial charge >= 0.3 is 5.97 Å². The van der Waals surface area contributed by atoms with Crippen LogP contribution >= 0.6 is 11.3 Å². The van der Waals surface area contributed by atoms with Crippen molar-refractivity contribution in [3.05, 3.63) is 17.0 Å². The number of halogens is 2. The zero-order valence-electron chi connectivity index (χ0n) is 10.2. The molecule has 1 aromatic rings. The average molecular weight is 274 g/mol. The van der Waals surface area contributed by atoms with Crippen LogP contribution < -0.4 is 4.74 Å². The quantitative estimate of drug-likeness (QED) is 0.763. The third-order valence-electron chi connectivity index (χ3n) is 3.40. The van der Waals surface area contributed by atoms with Crippen molar-refractivity contribution >= 4 is 17.3 Å². The maximum Gasteiger partial charge on any atom is 0.315 e. The Kier molecular flexibility index (Phi) is 4.32. The fraction of sp³-hybridized carbons (Fsp3) is 0.615. The fourth-order valence-corrected chi connectivity index (χ4v) is 2.93. The minimum atomic E-state index is -2.51. The van der Waals surface area contributed by atoms with Gasteiger partial charge in [0.05, 0.1) is 5.92 Å². The lowest BCUT2D eigenvalue weighted by Gasteiger charge is -2.24. The van der Waals surface area contributed by atoms with E-state index in [1.54, 1.807) is 0 Å². The molecule has 0 saturated heterocycles. The van der Waals surface area contributed by atoms with Crippen molar-refractivity contribution in [1.29, 1.82) is 0 Å². The highest BCUT2D eigenvalue weighted by molar-refractivity contribution is 7.12. The number of carbonyl (C=O) groups excluding carboxylic acids is 1. The largest absolute Gasteiger partial charge is 0.415 e. The highest BCUT2D eigenvalue weighted by Gasteiger charge is 2.26. The van der Waals surface area contributed by atoms with E-state index in [0.717, 1.165) is 37.0 Å². The summed E-state index contributed by atoms with van der Waals surface area (Å²) in [6, 6.07) is 1.25. The SMILES string of the molecule is CC1CCC(C(=O)Oc2cc(C(F)F)cs2)CC1. The molecule has 1 aliphatic carbocycles. The van der Waals surface area contributed by atoms with Gasteiger partial charge in [0.15, 0.2) is 5.06 Å².